The largest absolute Gasteiger partial charge is 0.443 e. The molecule has 1 saturated heterocycles. The Balaban J connectivity index is 1.57. The van der Waals surface area contributed by atoms with Crippen LogP contribution in [0.2, 0.25) is 0 Å². The number of urea groups is 1. The fourth-order valence-corrected chi connectivity index (χ4v) is 3.12. The van der Waals surface area contributed by atoms with Gasteiger partial charge in [-0.3, -0.25) is 0 Å². The minimum absolute atomic E-state index is 0.0138. The zero-order valence-electron chi connectivity index (χ0n) is 11.5. The summed E-state index contributed by atoms with van der Waals surface area (Å²) in [7, 11) is 0. The van der Waals surface area contributed by atoms with E-state index < -0.39 is 0 Å². The van der Waals surface area contributed by atoms with Crippen molar-refractivity contribution in [2.45, 2.75) is 25.4 Å². The van der Waals surface area contributed by atoms with E-state index in [0.717, 1.165) is 17.7 Å². The number of aliphatic hydroxyl groups excluding tert-OH is 1. The van der Waals surface area contributed by atoms with Gasteiger partial charge in [0.15, 0.2) is 0 Å². The Morgan fingerprint density at radius 3 is 3.29 bits per heavy atom. The lowest BCUT2D eigenvalue weighted by Crippen LogP contribution is -2.43. The summed E-state index contributed by atoms with van der Waals surface area (Å²) in [6.07, 6.45) is 3.35. The third kappa shape index (κ3) is 3.08. The van der Waals surface area contributed by atoms with Crippen molar-refractivity contribution in [3.05, 3.63) is 29.5 Å². The maximum absolute atomic E-state index is 12.1. The fraction of sp³-hybridized carbons (Fsp3) is 0.429. The molecule has 7 heteroatoms. The third-order valence-corrected chi connectivity index (χ3v) is 4.41. The van der Waals surface area contributed by atoms with E-state index in [-0.39, 0.29) is 18.7 Å². The number of hydrogen-bond donors (Lipinski definition) is 2. The minimum Gasteiger partial charge on any atom is -0.443 e. The quantitative estimate of drug-likeness (QED) is 0.906. The van der Waals surface area contributed by atoms with Crippen LogP contribution in [0, 0.1) is 0 Å². The topological polar surface area (TPSA) is 78.6 Å². The first-order valence-corrected chi connectivity index (χ1v) is 7.79. The molecule has 2 aromatic heterocycles. The number of aliphatic hydroxyl groups is 1. The highest BCUT2D eigenvalue weighted by Crippen LogP contribution is 2.23. The number of hydrogen-bond acceptors (Lipinski definition) is 5. The summed E-state index contributed by atoms with van der Waals surface area (Å²) in [4.78, 5) is 19.1. The van der Waals surface area contributed by atoms with Crippen molar-refractivity contribution < 1.29 is 14.3 Å². The van der Waals surface area contributed by atoms with Crippen LogP contribution in [0.15, 0.2) is 28.2 Å². The number of likely N-dealkylation sites (tertiary alicyclic amines) is 1. The molecule has 0 unspecified atom stereocenters. The summed E-state index contributed by atoms with van der Waals surface area (Å²) in [5.74, 6) is 0.573. The zero-order chi connectivity index (χ0) is 14.7. The summed E-state index contributed by atoms with van der Waals surface area (Å²) < 4.78 is 5.40. The van der Waals surface area contributed by atoms with E-state index in [1.165, 1.54) is 0 Å². The molecule has 112 valence electrons. The van der Waals surface area contributed by atoms with E-state index in [0.29, 0.717) is 24.7 Å². The van der Waals surface area contributed by atoms with Gasteiger partial charge in [-0.2, -0.15) is 0 Å². The van der Waals surface area contributed by atoms with Crippen molar-refractivity contribution in [1.29, 1.82) is 0 Å². The van der Waals surface area contributed by atoms with Gasteiger partial charge in [0.1, 0.15) is 6.26 Å². The van der Waals surface area contributed by atoms with E-state index in [1.54, 1.807) is 22.5 Å². The van der Waals surface area contributed by atoms with Crippen molar-refractivity contribution in [1.82, 2.24) is 15.2 Å². The first-order valence-electron chi connectivity index (χ1n) is 6.91. The van der Waals surface area contributed by atoms with Gasteiger partial charge in [0.05, 0.1) is 29.8 Å². The molecule has 0 radical (unpaired) electrons. The summed E-state index contributed by atoms with van der Waals surface area (Å²) in [5.41, 5.74) is 0.687. The Morgan fingerprint density at radius 1 is 1.62 bits per heavy atom. The van der Waals surface area contributed by atoms with Crippen LogP contribution < -0.4 is 5.32 Å². The maximum Gasteiger partial charge on any atom is 0.318 e. The van der Waals surface area contributed by atoms with E-state index >= 15 is 0 Å². The third-order valence-electron chi connectivity index (χ3n) is 3.55. The number of thiophene rings is 1. The molecule has 1 fully saturated rings. The SMILES string of the molecule is O=C(NCc1coc(-c2cccs2)n1)N1CCC[C@H]1CO. The van der Waals surface area contributed by atoms with E-state index in [4.69, 9.17) is 4.42 Å². The van der Waals surface area contributed by atoms with Gasteiger partial charge in [-0.1, -0.05) is 6.07 Å². The average molecular weight is 307 g/mol. The van der Waals surface area contributed by atoms with E-state index in [2.05, 4.69) is 10.3 Å². The number of oxazole rings is 1. The van der Waals surface area contributed by atoms with Gasteiger partial charge in [-0.05, 0) is 24.3 Å². The van der Waals surface area contributed by atoms with Gasteiger partial charge >= 0.3 is 6.03 Å². The number of nitrogens with one attached hydrogen (secondary N) is 1. The monoisotopic (exact) mass is 307 g/mol. The van der Waals surface area contributed by atoms with Crippen LogP contribution in [-0.2, 0) is 6.54 Å². The fourth-order valence-electron chi connectivity index (χ4n) is 2.46. The molecule has 2 N–H and O–H groups in total. The molecule has 21 heavy (non-hydrogen) atoms. The van der Waals surface area contributed by atoms with Crippen molar-refractivity contribution in [3.63, 3.8) is 0 Å². The van der Waals surface area contributed by atoms with Gasteiger partial charge in [0, 0.05) is 6.54 Å². The second-order valence-electron chi connectivity index (χ2n) is 4.95. The Hall–Kier alpha value is -1.86. The number of carbonyl (C=O) groups excluding carboxylic acids is 1. The normalized spacial score (nSPS) is 18.1. The predicted molar refractivity (Wildman–Crippen MR) is 78.9 cm³/mol. The highest BCUT2D eigenvalue weighted by molar-refractivity contribution is 7.13. The molecular formula is C14H17N3O3S. The molecular weight excluding hydrogens is 290 g/mol. The molecule has 3 heterocycles. The first-order chi connectivity index (χ1) is 10.3. The van der Waals surface area contributed by atoms with Gasteiger partial charge in [-0.15, -0.1) is 11.3 Å². The lowest BCUT2D eigenvalue weighted by atomic mass is 10.2. The number of carbonyl (C=O) groups is 1. The Bertz CT molecular complexity index is 596. The predicted octanol–water partition coefficient (Wildman–Crippen LogP) is 2.07. The summed E-state index contributed by atoms with van der Waals surface area (Å²) >= 11 is 1.56. The summed E-state index contributed by atoms with van der Waals surface area (Å²) in [6.45, 7) is 1.03. The molecule has 3 rings (SSSR count). The Labute approximate surface area is 126 Å². The zero-order valence-corrected chi connectivity index (χ0v) is 12.3. The van der Waals surface area contributed by atoms with Crippen LogP contribution in [0.5, 0.6) is 0 Å². The minimum atomic E-state index is -0.160. The van der Waals surface area contributed by atoms with Gasteiger partial charge in [-0.25, -0.2) is 9.78 Å². The molecule has 0 aromatic carbocycles. The molecule has 6 nitrogen and oxygen atoms in total. The first kappa shape index (κ1) is 14.1. The second-order valence-corrected chi connectivity index (χ2v) is 5.90. The number of aromatic nitrogens is 1. The lowest BCUT2D eigenvalue weighted by molar-refractivity contribution is 0.157. The van der Waals surface area contributed by atoms with Gasteiger partial charge in [0.25, 0.3) is 0 Å². The molecule has 2 aromatic rings. The Morgan fingerprint density at radius 2 is 2.52 bits per heavy atom. The van der Waals surface area contributed by atoms with Gasteiger partial charge < -0.3 is 19.7 Å². The van der Waals surface area contributed by atoms with Crippen LogP contribution in [0.25, 0.3) is 10.8 Å². The van der Waals surface area contributed by atoms with E-state index in [9.17, 15) is 9.90 Å². The second kappa shape index (κ2) is 6.28. The van der Waals surface area contributed by atoms with Gasteiger partial charge in [0.2, 0.25) is 5.89 Å². The molecule has 0 aliphatic carbocycles. The highest BCUT2D eigenvalue weighted by Gasteiger charge is 2.27. The van der Waals surface area contributed by atoms with Crippen molar-refractivity contribution in [3.8, 4) is 10.8 Å². The number of amides is 2. The summed E-state index contributed by atoms with van der Waals surface area (Å²) in [5, 5.41) is 14.0. The van der Waals surface area contributed by atoms with E-state index in [1.807, 2.05) is 17.5 Å². The van der Waals surface area contributed by atoms with Crippen LogP contribution >= 0.6 is 11.3 Å². The Kier molecular flexibility index (Phi) is 4.21. The maximum atomic E-state index is 12.1. The molecule has 1 aliphatic heterocycles. The van der Waals surface area contributed by atoms with Crippen LogP contribution in [0.4, 0.5) is 4.79 Å². The molecule has 0 saturated carbocycles. The highest BCUT2D eigenvalue weighted by atomic mass is 32.1. The van der Waals surface area contributed by atoms with Crippen LogP contribution in [0.3, 0.4) is 0 Å². The molecule has 1 atom stereocenters. The smallest absolute Gasteiger partial charge is 0.318 e. The average Bonchev–Trinajstić information content (AvgIpc) is 3.24. The van der Waals surface area contributed by atoms with Crippen LogP contribution in [-0.4, -0.2) is 40.2 Å². The number of rotatable bonds is 4. The standard InChI is InChI=1S/C14H17N3O3S/c18-8-11-3-1-5-17(11)14(19)15-7-10-9-20-13(16-10)12-4-2-6-21-12/h2,4,6,9,11,18H,1,3,5,7-8H2,(H,15,19)/t11-/m0/s1. The van der Waals surface area contributed by atoms with Crippen LogP contribution in [0.1, 0.15) is 18.5 Å². The van der Waals surface area contributed by atoms with Crippen molar-refractivity contribution in [2.75, 3.05) is 13.2 Å². The summed E-state index contributed by atoms with van der Waals surface area (Å²) in [6, 6.07) is 3.65. The molecule has 0 spiro atoms. The molecule has 1 aliphatic rings. The van der Waals surface area contributed by atoms with Crippen molar-refractivity contribution in [2.24, 2.45) is 0 Å². The van der Waals surface area contributed by atoms with Crippen molar-refractivity contribution >= 4 is 17.4 Å². The molecule has 0 bridgehead atoms. The number of nitrogens with zero attached hydrogens (tertiary/aromatic N) is 2. The lowest BCUT2D eigenvalue weighted by Gasteiger charge is -2.22. The molecule has 2 amide bonds.